The number of rotatable bonds is 1. The molecule has 1 nitrogen and oxygen atoms in total. The molecule has 58 valence electrons. The van der Waals surface area contributed by atoms with Crippen molar-refractivity contribution in [1.29, 1.82) is 0 Å². The number of carbonyl (C=O) groups excluding carboxylic acids is 1. The normalized spacial score (nSPS) is 5.56. The van der Waals surface area contributed by atoms with Crippen molar-refractivity contribution in [3.63, 3.8) is 0 Å². The summed E-state index contributed by atoms with van der Waals surface area (Å²) in [5.41, 5.74) is 0. The van der Waals surface area contributed by atoms with E-state index >= 15 is 0 Å². The fourth-order valence-electron chi connectivity index (χ4n) is 0. The average Bonchev–Trinajstić information content (AvgIpc) is 1.97. The van der Waals surface area contributed by atoms with Gasteiger partial charge in [0.15, 0.2) is 0 Å². The third kappa shape index (κ3) is 88.4. The van der Waals surface area contributed by atoms with Crippen LogP contribution in [0.25, 0.3) is 0 Å². The van der Waals surface area contributed by atoms with Crippen molar-refractivity contribution < 1.29 is 4.79 Å². The molecule has 0 N–H and O–H groups in total. The van der Waals surface area contributed by atoms with Crippen LogP contribution < -0.4 is 0 Å². The molecule has 0 amide bonds. The number of hydrogen-bond acceptors (Lipinski definition) is 1. The van der Waals surface area contributed by atoms with Crippen LogP contribution in [0.2, 0.25) is 0 Å². The van der Waals surface area contributed by atoms with Crippen LogP contribution in [0.15, 0.2) is 0 Å². The second-order valence-electron chi connectivity index (χ2n) is 1.06. The molecule has 0 radical (unpaired) electrons. The lowest BCUT2D eigenvalue weighted by Crippen LogP contribution is -1.80. The van der Waals surface area contributed by atoms with Crippen molar-refractivity contribution in [3.05, 3.63) is 0 Å². The monoisotopic (exact) mass is 132 g/mol. The van der Waals surface area contributed by atoms with Crippen LogP contribution in [0, 0.1) is 0 Å². The third-order valence-electron chi connectivity index (χ3n) is 0.498. The molecule has 0 aliphatic carbocycles. The second-order valence-corrected chi connectivity index (χ2v) is 1.06. The maximum Gasteiger partial charge on any atom is 0.129 e. The second kappa shape index (κ2) is 25.3. The first kappa shape index (κ1) is 15.9. The van der Waals surface area contributed by atoms with E-state index < -0.39 is 0 Å². The zero-order valence-electron chi connectivity index (χ0n) is 7.62. The van der Waals surface area contributed by atoms with Gasteiger partial charge in [0.1, 0.15) is 5.78 Å². The van der Waals surface area contributed by atoms with Gasteiger partial charge in [0.2, 0.25) is 0 Å². The number of Topliss-reactive ketones (excluding diaryl/α,β-unsaturated/α-hetero) is 1. The molecule has 0 aromatic carbocycles. The topological polar surface area (TPSA) is 17.1 Å². The maximum absolute atomic E-state index is 9.81. The Hall–Kier alpha value is -0.330. The molecule has 0 atom stereocenters. The first-order chi connectivity index (χ1) is 4.27. The highest BCUT2D eigenvalue weighted by Crippen LogP contribution is 1.71. The Labute approximate surface area is 59.5 Å². The van der Waals surface area contributed by atoms with Gasteiger partial charge in [0, 0.05) is 6.42 Å². The van der Waals surface area contributed by atoms with Crippen LogP contribution in [0.1, 0.15) is 48.0 Å². The molecule has 0 bridgehead atoms. The Morgan fingerprint density at radius 3 is 1.22 bits per heavy atom. The molecule has 9 heavy (non-hydrogen) atoms. The van der Waals surface area contributed by atoms with E-state index in [4.69, 9.17) is 0 Å². The van der Waals surface area contributed by atoms with Gasteiger partial charge in [-0.3, -0.25) is 0 Å². The summed E-state index contributed by atoms with van der Waals surface area (Å²) in [5.74, 6) is 0.255. The Morgan fingerprint density at radius 2 is 1.22 bits per heavy atom. The third-order valence-corrected chi connectivity index (χ3v) is 0.498. The van der Waals surface area contributed by atoms with Crippen molar-refractivity contribution in [3.8, 4) is 0 Å². The highest BCUT2D eigenvalue weighted by Gasteiger charge is 1.76. The minimum absolute atomic E-state index is 0.255. The number of carbonyl (C=O) groups is 1. The molecule has 0 aliphatic rings. The summed E-state index contributed by atoms with van der Waals surface area (Å²) < 4.78 is 0. The quantitative estimate of drug-likeness (QED) is 0.536. The molecule has 0 fully saturated rings. The number of ketones is 1. The predicted octanol–water partition coefficient (Wildman–Crippen LogP) is 3.04. The van der Waals surface area contributed by atoms with Gasteiger partial charge < -0.3 is 4.79 Å². The van der Waals surface area contributed by atoms with Crippen molar-refractivity contribution >= 4 is 5.78 Å². The van der Waals surface area contributed by atoms with Gasteiger partial charge in [-0.25, -0.2) is 0 Å². The molecule has 0 saturated heterocycles. The van der Waals surface area contributed by atoms with Crippen LogP contribution in [-0.2, 0) is 4.79 Å². The lowest BCUT2D eigenvalue weighted by atomic mass is 10.4. The fourth-order valence-corrected chi connectivity index (χ4v) is 0. The van der Waals surface area contributed by atoms with Crippen LogP contribution in [0.5, 0.6) is 0 Å². The van der Waals surface area contributed by atoms with E-state index in [-0.39, 0.29) is 5.78 Å². The highest BCUT2D eigenvalue weighted by molar-refractivity contribution is 5.74. The summed E-state index contributed by atoms with van der Waals surface area (Å²) in [6, 6.07) is 0. The standard InChI is InChI=1S/C4H8O.2C2H6/c1-3-4(2)5;2*1-2/h3H2,1-2H3;2*1-2H3. The Bertz CT molecular complexity index is 39.8. The summed E-state index contributed by atoms with van der Waals surface area (Å²) >= 11 is 0. The minimum Gasteiger partial charge on any atom is -0.300 e. The first-order valence-electron chi connectivity index (χ1n) is 3.76. The van der Waals surface area contributed by atoms with Gasteiger partial charge in [0.25, 0.3) is 0 Å². The molecule has 0 saturated carbocycles. The van der Waals surface area contributed by atoms with Gasteiger partial charge in [0.05, 0.1) is 0 Å². The molecule has 0 aliphatic heterocycles. The summed E-state index contributed by atoms with van der Waals surface area (Å²) in [6.45, 7) is 11.4. The molecule has 1 heteroatoms. The average molecular weight is 132 g/mol. The van der Waals surface area contributed by atoms with Gasteiger partial charge in [-0.05, 0) is 6.92 Å². The molecular formula is C8H20O. The predicted molar refractivity (Wildman–Crippen MR) is 43.7 cm³/mol. The van der Waals surface area contributed by atoms with Crippen molar-refractivity contribution in [2.24, 2.45) is 0 Å². The van der Waals surface area contributed by atoms with E-state index in [1.165, 1.54) is 0 Å². The largest absolute Gasteiger partial charge is 0.300 e. The van der Waals surface area contributed by atoms with Gasteiger partial charge in [-0.1, -0.05) is 34.6 Å². The van der Waals surface area contributed by atoms with Crippen LogP contribution in [-0.4, -0.2) is 5.78 Å². The smallest absolute Gasteiger partial charge is 0.129 e. The van der Waals surface area contributed by atoms with E-state index in [1.54, 1.807) is 6.92 Å². The van der Waals surface area contributed by atoms with Crippen molar-refractivity contribution in [1.82, 2.24) is 0 Å². The van der Waals surface area contributed by atoms with Gasteiger partial charge in [-0.15, -0.1) is 0 Å². The first-order valence-corrected chi connectivity index (χ1v) is 3.76. The van der Waals surface area contributed by atoms with Gasteiger partial charge in [-0.2, -0.15) is 0 Å². The summed E-state index contributed by atoms with van der Waals surface area (Å²) in [6.07, 6.45) is 0.667. The number of hydrogen-bond donors (Lipinski definition) is 0. The van der Waals surface area contributed by atoms with E-state index in [9.17, 15) is 4.79 Å². The van der Waals surface area contributed by atoms with E-state index in [1.807, 2.05) is 34.6 Å². The Morgan fingerprint density at radius 1 is 1.11 bits per heavy atom. The zero-order valence-corrected chi connectivity index (χ0v) is 7.62. The van der Waals surface area contributed by atoms with Crippen molar-refractivity contribution in [2.75, 3.05) is 0 Å². The highest BCUT2D eigenvalue weighted by atomic mass is 16.1. The maximum atomic E-state index is 9.81. The molecule has 0 heterocycles. The molecule has 0 unspecified atom stereocenters. The lowest BCUT2D eigenvalue weighted by Gasteiger charge is -1.71. The molecule has 0 rings (SSSR count). The SMILES string of the molecule is CC.CC.CCC(C)=O. The van der Waals surface area contributed by atoms with Crippen LogP contribution in [0.4, 0.5) is 0 Å². The van der Waals surface area contributed by atoms with E-state index in [0.29, 0.717) is 6.42 Å². The van der Waals surface area contributed by atoms with Crippen molar-refractivity contribution in [2.45, 2.75) is 48.0 Å². The van der Waals surface area contributed by atoms with E-state index in [0.717, 1.165) is 0 Å². The van der Waals surface area contributed by atoms with E-state index in [2.05, 4.69) is 0 Å². The van der Waals surface area contributed by atoms with Crippen LogP contribution >= 0.6 is 0 Å². The lowest BCUT2D eigenvalue weighted by molar-refractivity contribution is -0.116. The summed E-state index contributed by atoms with van der Waals surface area (Å²) in [7, 11) is 0. The molecular weight excluding hydrogens is 112 g/mol. The van der Waals surface area contributed by atoms with Crippen LogP contribution in [0.3, 0.4) is 0 Å². The molecule has 0 aromatic heterocycles. The Balaban J connectivity index is -0.0000000771. The summed E-state index contributed by atoms with van der Waals surface area (Å²) in [5, 5.41) is 0. The molecule has 0 aromatic rings. The summed E-state index contributed by atoms with van der Waals surface area (Å²) in [4.78, 5) is 9.81. The zero-order chi connectivity index (χ0) is 8.28. The van der Waals surface area contributed by atoms with Gasteiger partial charge >= 0.3 is 0 Å². The molecule has 0 spiro atoms. The minimum atomic E-state index is 0.255. The Kier molecular flexibility index (Phi) is 44.7. The fraction of sp³-hybridized carbons (Fsp3) is 0.875.